The summed E-state index contributed by atoms with van der Waals surface area (Å²) in [5.41, 5.74) is 0.703. The molecule has 11 heteroatoms. The predicted octanol–water partition coefficient (Wildman–Crippen LogP) is 4.15. The van der Waals surface area contributed by atoms with E-state index < -0.39 is 10.0 Å². The van der Waals surface area contributed by atoms with Gasteiger partial charge < -0.3 is 9.64 Å². The molecule has 1 aliphatic heterocycles. The minimum atomic E-state index is -3.65. The zero-order chi connectivity index (χ0) is 27.0. The number of carbonyl (C=O) groups excluding carboxylic acids is 1. The molecular formula is C27H37N5O4S2. The number of morpholine rings is 1. The van der Waals surface area contributed by atoms with Gasteiger partial charge in [-0.05, 0) is 25.0 Å². The Morgan fingerprint density at radius 2 is 1.76 bits per heavy atom. The molecule has 0 spiro atoms. The summed E-state index contributed by atoms with van der Waals surface area (Å²) in [5, 5.41) is 9.70. The third kappa shape index (κ3) is 6.74. The fraction of sp³-hybridized carbons (Fsp3) is 0.519. The lowest BCUT2D eigenvalue weighted by Gasteiger charge is -2.26. The maximum absolute atomic E-state index is 13.3. The van der Waals surface area contributed by atoms with Crippen molar-refractivity contribution in [1.29, 1.82) is 0 Å². The largest absolute Gasteiger partial charge is 0.379 e. The highest BCUT2D eigenvalue weighted by molar-refractivity contribution is 7.99. The number of nitrogens with zero attached hydrogens (tertiary/aromatic N) is 5. The van der Waals surface area contributed by atoms with E-state index in [1.54, 1.807) is 35.3 Å². The third-order valence-electron chi connectivity index (χ3n) is 6.93. The molecule has 1 saturated heterocycles. The number of hydrogen-bond donors (Lipinski definition) is 0. The van der Waals surface area contributed by atoms with Crippen molar-refractivity contribution in [2.45, 2.75) is 54.6 Å². The number of sulfonamides is 1. The Balaban J connectivity index is 1.65. The SMILES string of the molecule is C=CCN(CC=C)C(=O)CSc1nnc(-c2cccc(S(=O)(=O)N3CCOCC3)c2)n1C1CCCCCC1. The summed E-state index contributed by atoms with van der Waals surface area (Å²) >= 11 is 1.37. The van der Waals surface area contributed by atoms with Gasteiger partial charge in [-0.1, -0.05) is 61.7 Å². The number of ether oxygens (including phenoxy) is 1. The normalized spacial score (nSPS) is 17.6. The Kier molecular flexibility index (Phi) is 10.2. The van der Waals surface area contributed by atoms with Crippen LogP contribution in [-0.4, -0.2) is 83.4 Å². The van der Waals surface area contributed by atoms with Crippen LogP contribution in [0.5, 0.6) is 0 Å². The first-order valence-electron chi connectivity index (χ1n) is 13.2. The van der Waals surface area contributed by atoms with E-state index in [2.05, 4.69) is 27.9 Å². The van der Waals surface area contributed by atoms with Gasteiger partial charge in [-0.2, -0.15) is 4.31 Å². The van der Waals surface area contributed by atoms with Gasteiger partial charge in [0.05, 0.1) is 23.9 Å². The van der Waals surface area contributed by atoms with Gasteiger partial charge >= 0.3 is 0 Å². The monoisotopic (exact) mass is 559 g/mol. The van der Waals surface area contributed by atoms with Gasteiger partial charge in [0.25, 0.3) is 0 Å². The van der Waals surface area contributed by atoms with Crippen molar-refractivity contribution in [3.8, 4) is 11.4 Å². The molecule has 0 bridgehead atoms. The second kappa shape index (κ2) is 13.5. The quantitative estimate of drug-likeness (QED) is 0.232. The van der Waals surface area contributed by atoms with E-state index in [1.807, 2.05) is 6.07 Å². The van der Waals surface area contributed by atoms with Crippen LogP contribution in [0.3, 0.4) is 0 Å². The molecule has 9 nitrogen and oxygen atoms in total. The molecule has 1 amide bonds. The van der Waals surface area contributed by atoms with Crippen LogP contribution in [0.15, 0.2) is 59.6 Å². The summed E-state index contributed by atoms with van der Waals surface area (Å²) in [7, 11) is -3.65. The molecule has 2 aromatic rings. The van der Waals surface area contributed by atoms with Gasteiger partial charge in [0, 0.05) is 37.8 Å². The molecule has 0 radical (unpaired) electrons. The first-order chi connectivity index (χ1) is 18.5. The summed E-state index contributed by atoms with van der Waals surface area (Å²) in [6.45, 7) is 9.87. The zero-order valence-corrected chi connectivity index (χ0v) is 23.5. The third-order valence-corrected chi connectivity index (χ3v) is 9.75. The van der Waals surface area contributed by atoms with Crippen molar-refractivity contribution in [1.82, 2.24) is 24.0 Å². The maximum Gasteiger partial charge on any atom is 0.243 e. The van der Waals surface area contributed by atoms with Crippen molar-refractivity contribution < 1.29 is 17.9 Å². The van der Waals surface area contributed by atoms with Crippen LogP contribution in [-0.2, 0) is 19.6 Å². The second-order valence-electron chi connectivity index (χ2n) is 9.53. The van der Waals surface area contributed by atoms with Crippen molar-refractivity contribution in [2.24, 2.45) is 0 Å². The fourth-order valence-corrected chi connectivity index (χ4v) is 7.32. The van der Waals surface area contributed by atoms with Gasteiger partial charge in [-0.15, -0.1) is 23.4 Å². The Morgan fingerprint density at radius 1 is 1.08 bits per heavy atom. The van der Waals surface area contributed by atoms with Crippen LogP contribution in [0.1, 0.15) is 44.6 Å². The molecule has 0 N–H and O–H groups in total. The molecule has 1 aromatic heterocycles. The lowest BCUT2D eigenvalue weighted by atomic mass is 10.1. The van der Waals surface area contributed by atoms with Crippen LogP contribution in [0.4, 0.5) is 0 Å². The summed E-state index contributed by atoms with van der Waals surface area (Å²) in [5.74, 6) is 0.836. The minimum Gasteiger partial charge on any atom is -0.379 e. The van der Waals surface area contributed by atoms with Crippen LogP contribution in [0, 0.1) is 0 Å². The molecular weight excluding hydrogens is 522 g/mol. The molecule has 206 valence electrons. The van der Waals surface area contributed by atoms with E-state index in [1.165, 1.54) is 28.9 Å². The van der Waals surface area contributed by atoms with Crippen molar-refractivity contribution in [3.63, 3.8) is 0 Å². The first-order valence-corrected chi connectivity index (χ1v) is 15.6. The lowest BCUT2D eigenvalue weighted by molar-refractivity contribution is -0.127. The summed E-state index contributed by atoms with van der Waals surface area (Å²) in [4.78, 5) is 14.8. The van der Waals surface area contributed by atoms with E-state index in [0.29, 0.717) is 55.9 Å². The van der Waals surface area contributed by atoms with E-state index in [9.17, 15) is 13.2 Å². The minimum absolute atomic E-state index is 0.0228. The molecule has 2 aliphatic rings. The van der Waals surface area contributed by atoms with Gasteiger partial charge in [-0.25, -0.2) is 8.42 Å². The Hall–Kier alpha value is -2.47. The number of hydrogen-bond acceptors (Lipinski definition) is 7. The molecule has 0 atom stereocenters. The second-order valence-corrected chi connectivity index (χ2v) is 12.4. The Morgan fingerprint density at radius 3 is 2.42 bits per heavy atom. The molecule has 4 rings (SSSR count). The van der Waals surface area contributed by atoms with Crippen molar-refractivity contribution in [2.75, 3.05) is 45.1 Å². The number of benzene rings is 1. The number of rotatable bonds is 11. The highest BCUT2D eigenvalue weighted by atomic mass is 32.2. The summed E-state index contributed by atoms with van der Waals surface area (Å²) in [6, 6.07) is 7.15. The van der Waals surface area contributed by atoms with E-state index >= 15 is 0 Å². The standard InChI is InChI=1S/C27H37N5O4S2/c1-3-14-30(15-4-2)25(33)21-37-27-29-28-26(32(27)23-11-7-5-6-8-12-23)22-10-9-13-24(20-22)38(34,35)31-16-18-36-19-17-31/h3-4,9-10,13,20,23H,1-2,5-8,11-12,14-19,21H2. The van der Waals surface area contributed by atoms with Crippen LogP contribution in [0.25, 0.3) is 11.4 Å². The topological polar surface area (TPSA) is 97.6 Å². The number of carbonyl (C=O) groups is 1. The number of amides is 1. The summed E-state index contributed by atoms with van der Waals surface area (Å²) < 4.78 is 35.6. The predicted molar refractivity (Wildman–Crippen MR) is 149 cm³/mol. The lowest BCUT2D eigenvalue weighted by Crippen LogP contribution is -2.40. The van der Waals surface area contributed by atoms with E-state index in [4.69, 9.17) is 4.74 Å². The smallest absolute Gasteiger partial charge is 0.243 e. The molecule has 38 heavy (non-hydrogen) atoms. The molecule has 2 heterocycles. The zero-order valence-electron chi connectivity index (χ0n) is 21.8. The Labute approximate surface area is 230 Å². The van der Waals surface area contributed by atoms with Crippen LogP contribution < -0.4 is 0 Å². The highest BCUT2D eigenvalue weighted by Gasteiger charge is 2.28. The molecule has 2 fully saturated rings. The number of aromatic nitrogens is 3. The van der Waals surface area contributed by atoms with Gasteiger partial charge in [0.15, 0.2) is 11.0 Å². The van der Waals surface area contributed by atoms with E-state index in [-0.39, 0.29) is 22.6 Å². The maximum atomic E-state index is 13.3. The van der Waals surface area contributed by atoms with E-state index in [0.717, 1.165) is 25.7 Å². The average molecular weight is 560 g/mol. The van der Waals surface area contributed by atoms with Gasteiger partial charge in [0.1, 0.15) is 0 Å². The molecule has 1 aromatic carbocycles. The highest BCUT2D eigenvalue weighted by Crippen LogP contribution is 2.35. The fourth-order valence-electron chi connectivity index (χ4n) is 4.96. The van der Waals surface area contributed by atoms with Crippen LogP contribution in [0.2, 0.25) is 0 Å². The van der Waals surface area contributed by atoms with Crippen molar-refractivity contribution >= 4 is 27.7 Å². The van der Waals surface area contributed by atoms with Gasteiger partial charge in [0.2, 0.25) is 15.9 Å². The summed E-state index contributed by atoms with van der Waals surface area (Å²) in [6.07, 6.45) is 10.0. The molecule has 1 saturated carbocycles. The number of thioether (sulfide) groups is 1. The van der Waals surface area contributed by atoms with Crippen molar-refractivity contribution in [3.05, 3.63) is 49.6 Å². The average Bonchev–Trinajstić information content (AvgIpc) is 3.17. The molecule has 1 aliphatic carbocycles. The van der Waals surface area contributed by atoms with Gasteiger partial charge in [-0.3, -0.25) is 9.36 Å². The first kappa shape index (κ1) is 28.5. The molecule has 0 unspecified atom stereocenters. The Bertz CT molecular complexity index is 1210. The van der Waals surface area contributed by atoms with Crippen LogP contribution >= 0.6 is 11.8 Å².